The fraction of sp³-hybridized carbons (Fsp3) is 0. The van der Waals surface area contributed by atoms with Crippen molar-refractivity contribution < 1.29 is 9.59 Å². The standard InChI is InChI=1S/C14H11NO2S/c16-9-10-5-1-2-6-11(10)14(17)15-12-7-3-4-8-13(12)18/h1-9,18H,(H,15,17). The van der Waals surface area contributed by atoms with Gasteiger partial charge in [-0.25, -0.2) is 0 Å². The number of aldehydes is 1. The average molecular weight is 257 g/mol. The fourth-order valence-electron chi connectivity index (χ4n) is 1.58. The van der Waals surface area contributed by atoms with Gasteiger partial charge >= 0.3 is 0 Å². The van der Waals surface area contributed by atoms with Crippen molar-refractivity contribution in [1.29, 1.82) is 0 Å². The quantitative estimate of drug-likeness (QED) is 0.655. The van der Waals surface area contributed by atoms with Crippen LogP contribution in [0.1, 0.15) is 20.7 Å². The van der Waals surface area contributed by atoms with Gasteiger partial charge in [-0.1, -0.05) is 30.3 Å². The fourth-order valence-corrected chi connectivity index (χ4v) is 1.79. The summed E-state index contributed by atoms with van der Waals surface area (Å²) in [5.41, 5.74) is 1.34. The minimum absolute atomic E-state index is 0.320. The van der Waals surface area contributed by atoms with Gasteiger partial charge in [0.15, 0.2) is 6.29 Å². The summed E-state index contributed by atoms with van der Waals surface area (Å²) in [6.45, 7) is 0. The van der Waals surface area contributed by atoms with E-state index in [1.165, 1.54) is 0 Å². The van der Waals surface area contributed by atoms with Crippen LogP contribution in [0.2, 0.25) is 0 Å². The van der Waals surface area contributed by atoms with Crippen LogP contribution in [0.5, 0.6) is 0 Å². The molecule has 0 saturated heterocycles. The van der Waals surface area contributed by atoms with Crippen LogP contribution in [-0.2, 0) is 0 Å². The average Bonchev–Trinajstić information content (AvgIpc) is 2.41. The third kappa shape index (κ3) is 2.60. The zero-order valence-corrected chi connectivity index (χ0v) is 10.4. The van der Waals surface area contributed by atoms with Gasteiger partial charge in [-0.15, -0.1) is 12.6 Å². The van der Waals surface area contributed by atoms with Crippen molar-refractivity contribution in [3.63, 3.8) is 0 Å². The summed E-state index contributed by atoms with van der Waals surface area (Å²) in [6, 6.07) is 13.8. The molecule has 2 rings (SSSR count). The Morgan fingerprint density at radius 2 is 1.72 bits per heavy atom. The lowest BCUT2D eigenvalue weighted by molar-refractivity contribution is 0.101. The molecule has 1 amide bonds. The van der Waals surface area contributed by atoms with E-state index < -0.39 is 0 Å². The van der Waals surface area contributed by atoms with Crippen LogP contribution in [0, 0.1) is 0 Å². The molecule has 0 spiro atoms. The highest BCUT2D eigenvalue weighted by atomic mass is 32.1. The number of thiol groups is 1. The highest BCUT2D eigenvalue weighted by molar-refractivity contribution is 7.80. The molecule has 4 heteroatoms. The normalized spacial score (nSPS) is 9.83. The van der Waals surface area contributed by atoms with Crippen molar-refractivity contribution in [2.75, 3.05) is 5.32 Å². The maximum Gasteiger partial charge on any atom is 0.256 e. The molecule has 3 nitrogen and oxygen atoms in total. The maximum atomic E-state index is 12.0. The van der Waals surface area contributed by atoms with Gasteiger partial charge in [0.25, 0.3) is 5.91 Å². The molecule has 0 bridgehead atoms. The third-order valence-electron chi connectivity index (χ3n) is 2.48. The largest absolute Gasteiger partial charge is 0.321 e. The van der Waals surface area contributed by atoms with E-state index in [9.17, 15) is 9.59 Å². The van der Waals surface area contributed by atoms with E-state index in [4.69, 9.17) is 0 Å². The molecule has 0 aliphatic heterocycles. The molecule has 0 atom stereocenters. The monoisotopic (exact) mass is 257 g/mol. The second-order valence-corrected chi connectivity index (χ2v) is 4.16. The molecule has 0 heterocycles. The van der Waals surface area contributed by atoms with E-state index in [1.807, 2.05) is 6.07 Å². The Morgan fingerprint density at radius 1 is 1.06 bits per heavy atom. The summed E-state index contributed by atoms with van der Waals surface area (Å²) in [6.07, 6.45) is 0.668. The minimum Gasteiger partial charge on any atom is -0.321 e. The van der Waals surface area contributed by atoms with Gasteiger partial charge in [-0.3, -0.25) is 9.59 Å². The number of rotatable bonds is 3. The zero-order chi connectivity index (χ0) is 13.0. The Kier molecular flexibility index (Phi) is 3.79. The molecule has 0 radical (unpaired) electrons. The second kappa shape index (κ2) is 5.51. The van der Waals surface area contributed by atoms with Gasteiger partial charge < -0.3 is 5.32 Å². The van der Waals surface area contributed by atoms with E-state index in [2.05, 4.69) is 17.9 Å². The number of carbonyl (C=O) groups is 2. The number of anilines is 1. The molecular formula is C14H11NO2S. The summed E-state index contributed by atoms with van der Waals surface area (Å²) in [5.74, 6) is -0.320. The van der Waals surface area contributed by atoms with Gasteiger partial charge in [-0.05, 0) is 18.2 Å². The van der Waals surface area contributed by atoms with Crippen LogP contribution in [-0.4, -0.2) is 12.2 Å². The van der Waals surface area contributed by atoms with E-state index in [0.717, 1.165) is 0 Å². The van der Waals surface area contributed by atoms with Crippen molar-refractivity contribution in [2.24, 2.45) is 0 Å². The molecule has 1 N–H and O–H groups in total. The zero-order valence-electron chi connectivity index (χ0n) is 9.46. The van der Waals surface area contributed by atoms with Gasteiger partial charge in [-0.2, -0.15) is 0 Å². The smallest absolute Gasteiger partial charge is 0.256 e. The summed E-state index contributed by atoms with van der Waals surface area (Å²) in [7, 11) is 0. The Bertz CT molecular complexity index is 596. The van der Waals surface area contributed by atoms with Crippen LogP contribution >= 0.6 is 12.6 Å². The van der Waals surface area contributed by atoms with E-state index >= 15 is 0 Å². The number of hydrogen-bond donors (Lipinski definition) is 2. The lowest BCUT2D eigenvalue weighted by Crippen LogP contribution is -2.14. The van der Waals surface area contributed by atoms with Crippen LogP contribution in [0.25, 0.3) is 0 Å². The van der Waals surface area contributed by atoms with Gasteiger partial charge in [0.2, 0.25) is 0 Å². The molecule has 0 aliphatic carbocycles. The number of carbonyl (C=O) groups excluding carboxylic acids is 2. The van der Waals surface area contributed by atoms with Gasteiger partial charge in [0.05, 0.1) is 11.3 Å². The molecule has 0 aliphatic rings. The first-order chi connectivity index (χ1) is 8.72. The Labute approximate surface area is 110 Å². The molecule has 0 aromatic heterocycles. The van der Waals surface area contributed by atoms with Crippen molar-refractivity contribution in [2.45, 2.75) is 4.90 Å². The second-order valence-electron chi connectivity index (χ2n) is 3.68. The van der Waals surface area contributed by atoms with Crippen molar-refractivity contribution in [1.82, 2.24) is 0 Å². The molecule has 0 saturated carbocycles. The predicted octanol–water partition coefficient (Wildman–Crippen LogP) is 3.04. The Morgan fingerprint density at radius 3 is 2.44 bits per heavy atom. The van der Waals surface area contributed by atoms with Gasteiger partial charge in [0.1, 0.15) is 0 Å². The molecule has 2 aromatic rings. The van der Waals surface area contributed by atoms with Crippen molar-refractivity contribution >= 4 is 30.5 Å². The predicted molar refractivity (Wildman–Crippen MR) is 73.5 cm³/mol. The van der Waals surface area contributed by atoms with E-state index in [1.54, 1.807) is 42.5 Å². The molecule has 0 fully saturated rings. The number of benzene rings is 2. The number of amides is 1. The van der Waals surface area contributed by atoms with Crippen LogP contribution < -0.4 is 5.32 Å². The summed E-state index contributed by atoms with van der Waals surface area (Å²) >= 11 is 4.25. The molecule has 2 aromatic carbocycles. The first-order valence-corrected chi connectivity index (χ1v) is 5.80. The van der Waals surface area contributed by atoms with Crippen molar-refractivity contribution in [3.8, 4) is 0 Å². The first kappa shape index (κ1) is 12.4. The molecule has 90 valence electrons. The highest BCUT2D eigenvalue weighted by Crippen LogP contribution is 2.19. The van der Waals surface area contributed by atoms with Gasteiger partial charge in [0, 0.05) is 10.5 Å². The molecular weight excluding hydrogens is 246 g/mol. The van der Waals surface area contributed by atoms with Crippen molar-refractivity contribution in [3.05, 3.63) is 59.7 Å². The Hall–Kier alpha value is -2.07. The Balaban J connectivity index is 2.28. The van der Waals surface area contributed by atoms with Crippen LogP contribution in [0.4, 0.5) is 5.69 Å². The number of nitrogens with one attached hydrogen (secondary N) is 1. The molecule has 18 heavy (non-hydrogen) atoms. The van der Waals surface area contributed by atoms with E-state index in [0.29, 0.717) is 28.0 Å². The summed E-state index contributed by atoms with van der Waals surface area (Å²) in [5, 5.41) is 2.73. The number of hydrogen-bond acceptors (Lipinski definition) is 3. The SMILES string of the molecule is O=Cc1ccccc1C(=O)Nc1ccccc1S. The summed E-state index contributed by atoms with van der Waals surface area (Å²) < 4.78 is 0. The maximum absolute atomic E-state index is 12.0. The lowest BCUT2D eigenvalue weighted by Gasteiger charge is -2.08. The van der Waals surface area contributed by atoms with E-state index in [-0.39, 0.29) is 5.91 Å². The minimum atomic E-state index is -0.320. The summed E-state index contributed by atoms with van der Waals surface area (Å²) in [4.78, 5) is 23.6. The van der Waals surface area contributed by atoms with Crippen LogP contribution in [0.15, 0.2) is 53.4 Å². The first-order valence-electron chi connectivity index (χ1n) is 5.36. The topological polar surface area (TPSA) is 46.2 Å². The number of para-hydroxylation sites is 1. The lowest BCUT2D eigenvalue weighted by atomic mass is 10.1. The third-order valence-corrected chi connectivity index (χ3v) is 2.87. The molecule has 0 unspecified atom stereocenters. The van der Waals surface area contributed by atoms with Crippen LogP contribution in [0.3, 0.4) is 0 Å². The highest BCUT2D eigenvalue weighted by Gasteiger charge is 2.11.